The fraction of sp³-hybridized carbons (Fsp3) is 0.267. The Hall–Kier alpha value is -2.61. The topological polar surface area (TPSA) is 64.8 Å². The number of nitriles is 1. The van der Waals surface area contributed by atoms with Crippen LogP contribution in [-0.2, 0) is 0 Å². The lowest BCUT2D eigenvalue weighted by molar-refractivity contribution is 1.02. The highest BCUT2D eigenvalue weighted by Crippen LogP contribution is 2.23. The van der Waals surface area contributed by atoms with Gasteiger partial charge in [-0.2, -0.15) is 5.26 Å². The van der Waals surface area contributed by atoms with Crippen molar-refractivity contribution in [1.82, 2.24) is 9.97 Å². The minimum absolute atomic E-state index is 0.577. The van der Waals surface area contributed by atoms with Gasteiger partial charge in [0.2, 0.25) is 0 Å². The standard InChI is InChI=1S/C15H17N5/c1-10-6-5-7-13(11(10)2)19-14-8-15(20(4)9-16)18-12(3)17-14/h5-8H,1-4H3,(H,17,18,19). The quantitative estimate of drug-likeness (QED) is 0.684. The molecule has 0 saturated heterocycles. The van der Waals surface area contributed by atoms with Gasteiger partial charge in [-0.3, -0.25) is 4.90 Å². The minimum atomic E-state index is 0.577. The lowest BCUT2D eigenvalue weighted by Crippen LogP contribution is -2.12. The predicted molar refractivity (Wildman–Crippen MR) is 80.0 cm³/mol. The van der Waals surface area contributed by atoms with Gasteiger partial charge < -0.3 is 5.32 Å². The number of aryl methyl sites for hydroxylation is 2. The van der Waals surface area contributed by atoms with Gasteiger partial charge >= 0.3 is 0 Å². The molecule has 1 N–H and O–H groups in total. The number of aromatic nitrogens is 2. The van der Waals surface area contributed by atoms with E-state index in [-0.39, 0.29) is 0 Å². The van der Waals surface area contributed by atoms with Gasteiger partial charge in [0.05, 0.1) is 0 Å². The fourth-order valence-electron chi connectivity index (χ4n) is 1.86. The van der Waals surface area contributed by atoms with E-state index in [9.17, 15) is 0 Å². The Labute approximate surface area is 118 Å². The first-order valence-corrected chi connectivity index (χ1v) is 6.33. The van der Waals surface area contributed by atoms with E-state index in [0.29, 0.717) is 17.5 Å². The molecule has 0 aliphatic carbocycles. The predicted octanol–water partition coefficient (Wildman–Crippen LogP) is 3.06. The van der Waals surface area contributed by atoms with Crippen LogP contribution in [0, 0.1) is 32.2 Å². The van der Waals surface area contributed by atoms with Gasteiger partial charge in [-0.25, -0.2) is 9.97 Å². The number of nitrogens with zero attached hydrogens (tertiary/aromatic N) is 4. The molecule has 0 bridgehead atoms. The fourth-order valence-corrected chi connectivity index (χ4v) is 1.86. The second-order valence-electron chi connectivity index (χ2n) is 4.69. The Balaban J connectivity index is 2.37. The molecular weight excluding hydrogens is 250 g/mol. The zero-order valence-corrected chi connectivity index (χ0v) is 12.1. The van der Waals surface area contributed by atoms with Gasteiger partial charge in [0.1, 0.15) is 17.5 Å². The largest absolute Gasteiger partial charge is 0.340 e. The average molecular weight is 267 g/mol. The highest BCUT2D eigenvalue weighted by atomic mass is 15.2. The summed E-state index contributed by atoms with van der Waals surface area (Å²) in [4.78, 5) is 10.0. The molecule has 0 atom stereocenters. The maximum Gasteiger partial charge on any atom is 0.185 e. The second kappa shape index (κ2) is 5.57. The number of nitrogens with one attached hydrogen (secondary N) is 1. The molecule has 2 aromatic rings. The SMILES string of the molecule is Cc1nc(Nc2cccc(C)c2C)cc(N(C)C#N)n1. The summed E-state index contributed by atoms with van der Waals surface area (Å²) < 4.78 is 0. The van der Waals surface area contributed by atoms with Crippen molar-refractivity contribution in [1.29, 1.82) is 5.26 Å². The molecule has 0 amide bonds. The Bertz CT molecular complexity index is 672. The number of rotatable bonds is 3. The van der Waals surface area contributed by atoms with E-state index in [4.69, 9.17) is 5.26 Å². The molecule has 0 fully saturated rings. The van der Waals surface area contributed by atoms with E-state index in [1.54, 1.807) is 13.1 Å². The van der Waals surface area contributed by atoms with E-state index >= 15 is 0 Å². The van der Waals surface area contributed by atoms with Crippen molar-refractivity contribution >= 4 is 17.3 Å². The van der Waals surface area contributed by atoms with Crippen molar-refractivity contribution in [2.75, 3.05) is 17.3 Å². The third-order valence-electron chi connectivity index (χ3n) is 3.19. The summed E-state index contributed by atoms with van der Waals surface area (Å²) in [6, 6.07) is 7.84. The molecule has 0 spiro atoms. The number of benzene rings is 1. The Kier molecular flexibility index (Phi) is 3.85. The monoisotopic (exact) mass is 267 g/mol. The minimum Gasteiger partial charge on any atom is -0.340 e. The van der Waals surface area contributed by atoms with Crippen molar-refractivity contribution in [3.63, 3.8) is 0 Å². The molecule has 2 rings (SSSR count). The third-order valence-corrected chi connectivity index (χ3v) is 3.19. The van der Waals surface area contributed by atoms with Crippen LogP contribution in [0.5, 0.6) is 0 Å². The van der Waals surface area contributed by atoms with E-state index in [1.807, 2.05) is 25.2 Å². The normalized spacial score (nSPS) is 9.95. The smallest absolute Gasteiger partial charge is 0.185 e. The van der Waals surface area contributed by atoms with Crippen molar-refractivity contribution in [3.05, 3.63) is 41.2 Å². The molecule has 0 aliphatic heterocycles. The van der Waals surface area contributed by atoms with E-state index in [0.717, 1.165) is 5.69 Å². The summed E-state index contributed by atoms with van der Waals surface area (Å²) in [5.74, 6) is 1.88. The van der Waals surface area contributed by atoms with Gasteiger partial charge in [0, 0.05) is 18.8 Å². The second-order valence-corrected chi connectivity index (χ2v) is 4.69. The first-order valence-electron chi connectivity index (χ1n) is 6.33. The molecule has 1 aromatic carbocycles. The Morgan fingerprint density at radius 3 is 2.65 bits per heavy atom. The lowest BCUT2D eigenvalue weighted by Gasteiger charge is -2.13. The molecule has 5 heteroatoms. The zero-order chi connectivity index (χ0) is 14.7. The number of hydrogen-bond donors (Lipinski definition) is 1. The van der Waals surface area contributed by atoms with Crippen LogP contribution in [-0.4, -0.2) is 17.0 Å². The van der Waals surface area contributed by atoms with Gasteiger partial charge in [0.25, 0.3) is 0 Å². The van der Waals surface area contributed by atoms with Crippen LogP contribution in [0.4, 0.5) is 17.3 Å². The molecule has 20 heavy (non-hydrogen) atoms. The van der Waals surface area contributed by atoms with Gasteiger partial charge in [-0.1, -0.05) is 12.1 Å². The van der Waals surface area contributed by atoms with Crippen LogP contribution in [0.2, 0.25) is 0 Å². The molecule has 1 aromatic heterocycles. The van der Waals surface area contributed by atoms with Crippen LogP contribution in [0.3, 0.4) is 0 Å². The molecule has 5 nitrogen and oxygen atoms in total. The van der Waals surface area contributed by atoms with Crippen molar-refractivity contribution in [2.24, 2.45) is 0 Å². The molecule has 0 saturated carbocycles. The molecule has 102 valence electrons. The number of hydrogen-bond acceptors (Lipinski definition) is 5. The van der Waals surface area contributed by atoms with Crippen LogP contribution in [0.25, 0.3) is 0 Å². The Morgan fingerprint density at radius 2 is 1.95 bits per heavy atom. The maximum atomic E-state index is 8.94. The maximum absolute atomic E-state index is 8.94. The molecule has 0 unspecified atom stereocenters. The van der Waals surface area contributed by atoms with Gasteiger partial charge in [-0.05, 0) is 38.0 Å². The van der Waals surface area contributed by atoms with E-state index in [2.05, 4.69) is 35.2 Å². The Morgan fingerprint density at radius 1 is 1.20 bits per heavy atom. The summed E-state index contributed by atoms with van der Waals surface area (Å²) in [5, 5.41) is 12.2. The third kappa shape index (κ3) is 2.86. The van der Waals surface area contributed by atoms with Crippen LogP contribution < -0.4 is 10.2 Å². The van der Waals surface area contributed by atoms with Gasteiger partial charge in [0.15, 0.2) is 6.19 Å². The lowest BCUT2D eigenvalue weighted by atomic mass is 10.1. The first-order chi connectivity index (χ1) is 9.51. The summed E-state index contributed by atoms with van der Waals surface area (Å²) in [5.41, 5.74) is 3.41. The van der Waals surface area contributed by atoms with Crippen molar-refractivity contribution in [3.8, 4) is 6.19 Å². The van der Waals surface area contributed by atoms with Crippen LogP contribution in [0.1, 0.15) is 17.0 Å². The summed E-state index contributed by atoms with van der Waals surface area (Å²) in [6.45, 7) is 5.94. The van der Waals surface area contributed by atoms with Crippen molar-refractivity contribution in [2.45, 2.75) is 20.8 Å². The van der Waals surface area contributed by atoms with Crippen LogP contribution in [0.15, 0.2) is 24.3 Å². The molecule has 0 aliphatic rings. The molecule has 0 radical (unpaired) electrons. The highest BCUT2D eigenvalue weighted by molar-refractivity contribution is 5.64. The highest BCUT2D eigenvalue weighted by Gasteiger charge is 2.07. The summed E-state index contributed by atoms with van der Waals surface area (Å²) >= 11 is 0. The summed E-state index contributed by atoms with van der Waals surface area (Å²) in [7, 11) is 1.67. The molecule has 1 heterocycles. The van der Waals surface area contributed by atoms with E-state index < -0.39 is 0 Å². The van der Waals surface area contributed by atoms with Gasteiger partial charge in [-0.15, -0.1) is 0 Å². The van der Waals surface area contributed by atoms with Crippen LogP contribution >= 0.6 is 0 Å². The van der Waals surface area contributed by atoms with Crippen molar-refractivity contribution < 1.29 is 0 Å². The van der Waals surface area contributed by atoms with E-state index in [1.165, 1.54) is 16.0 Å². The zero-order valence-electron chi connectivity index (χ0n) is 12.1. The molecular formula is C15H17N5. The average Bonchev–Trinajstić information content (AvgIpc) is 2.42. The summed E-state index contributed by atoms with van der Waals surface area (Å²) in [6.07, 6.45) is 2.04. The first kappa shape index (κ1) is 13.8. The number of anilines is 3.